The lowest BCUT2D eigenvalue weighted by molar-refractivity contribution is 0.0758. The maximum atomic E-state index is 10.1. The number of hydrogen-bond acceptors (Lipinski definition) is 5. The van der Waals surface area contributed by atoms with Crippen LogP contribution < -0.4 is 14.2 Å². The molecule has 0 radical (unpaired) electrons. The van der Waals surface area contributed by atoms with Gasteiger partial charge in [-0.05, 0) is 61.3 Å². The lowest BCUT2D eigenvalue weighted by atomic mass is 10.1. The van der Waals surface area contributed by atoms with Gasteiger partial charge in [-0.15, -0.1) is 0 Å². The number of rotatable bonds is 9. The Morgan fingerprint density at radius 2 is 1.50 bits per heavy atom. The number of β-amino-alcohol motifs (C(OH)–C–C–N with tert-alkyl or cyclic N) is 1. The summed E-state index contributed by atoms with van der Waals surface area (Å²) >= 11 is 0. The second-order valence-electron chi connectivity index (χ2n) is 7.02. The third-order valence-corrected chi connectivity index (χ3v) is 4.83. The predicted octanol–water partition coefficient (Wildman–Crippen LogP) is 3.71. The minimum Gasteiger partial charge on any atom is -0.497 e. The van der Waals surface area contributed by atoms with Crippen molar-refractivity contribution in [2.45, 2.75) is 18.9 Å². The summed E-state index contributed by atoms with van der Waals surface area (Å²) in [5.74, 6) is 2.28. The van der Waals surface area contributed by atoms with Crippen molar-refractivity contribution in [1.29, 1.82) is 0 Å². The van der Waals surface area contributed by atoms with Crippen molar-refractivity contribution < 1.29 is 19.3 Å². The molecule has 0 saturated carbocycles. The van der Waals surface area contributed by atoms with E-state index >= 15 is 0 Å². The highest BCUT2D eigenvalue weighted by molar-refractivity contribution is 5.71. The van der Waals surface area contributed by atoms with Crippen molar-refractivity contribution in [3.8, 4) is 17.2 Å². The molecule has 150 valence electrons. The number of aliphatic hydroxyl groups is 1. The molecule has 1 aliphatic rings. The summed E-state index contributed by atoms with van der Waals surface area (Å²) in [4.78, 5) is 2.29. The van der Waals surface area contributed by atoms with E-state index in [9.17, 15) is 5.11 Å². The van der Waals surface area contributed by atoms with Crippen LogP contribution >= 0.6 is 0 Å². The first-order valence-corrected chi connectivity index (χ1v) is 9.71. The van der Waals surface area contributed by atoms with E-state index in [1.807, 2.05) is 54.6 Å². The van der Waals surface area contributed by atoms with Gasteiger partial charge in [-0.2, -0.15) is 0 Å². The Labute approximate surface area is 167 Å². The molecule has 28 heavy (non-hydrogen) atoms. The fraction of sp³-hybridized carbons (Fsp3) is 0.391. The molecule has 1 atom stereocenters. The van der Waals surface area contributed by atoms with Crippen molar-refractivity contribution in [3.05, 3.63) is 53.6 Å². The number of aliphatic hydroxyl groups excluding tert-OH is 1. The van der Waals surface area contributed by atoms with Crippen molar-refractivity contribution in [1.82, 2.24) is 4.90 Å². The highest BCUT2D eigenvalue weighted by Gasteiger charge is 2.16. The molecule has 5 nitrogen and oxygen atoms in total. The zero-order valence-corrected chi connectivity index (χ0v) is 16.6. The van der Waals surface area contributed by atoms with Gasteiger partial charge < -0.3 is 24.2 Å². The second-order valence-corrected chi connectivity index (χ2v) is 7.02. The maximum Gasteiger partial charge on any atom is 0.123 e. The molecule has 1 heterocycles. The number of ether oxygens (including phenoxy) is 3. The molecule has 1 aliphatic heterocycles. The highest BCUT2D eigenvalue weighted by Crippen LogP contribution is 2.24. The maximum absolute atomic E-state index is 10.1. The van der Waals surface area contributed by atoms with Gasteiger partial charge in [0.05, 0.1) is 14.2 Å². The molecule has 2 aromatic carbocycles. The Bertz CT molecular complexity index is 744. The monoisotopic (exact) mass is 383 g/mol. The van der Waals surface area contributed by atoms with Gasteiger partial charge in [-0.1, -0.05) is 24.3 Å². The Morgan fingerprint density at radius 3 is 2.11 bits per heavy atom. The number of likely N-dealkylation sites (tertiary alicyclic amines) is 1. The number of nitrogens with zero attached hydrogens (tertiary/aromatic N) is 1. The van der Waals surface area contributed by atoms with Crippen LogP contribution in [0, 0.1) is 0 Å². The van der Waals surface area contributed by atoms with Crippen LogP contribution in [0.3, 0.4) is 0 Å². The second kappa shape index (κ2) is 10.2. The van der Waals surface area contributed by atoms with E-state index < -0.39 is 6.10 Å². The average Bonchev–Trinajstić information content (AvgIpc) is 3.24. The normalized spacial score (nSPS) is 15.7. The molecule has 1 N–H and O–H groups in total. The Kier molecular flexibility index (Phi) is 7.34. The largest absolute Gasteiger partial charge is 0.497 e. The molecule has 5 heteroatoms. The number of benzene rings is 2. The van der Waals surface area contributed by atoms with Gasteiger partial charge in [0.25, 0.3) is 0 Å². The minimum atomic E-state index is -0.458. The van der Waals surface area contributed by atoms with E-state index in [0.717, 1.165) is 41.5 Å². The van der Waals surface area contributed by atoms with Crippen molar-refractivity contribution in [3.63, 3.8) is 0 Å². The molecule has 0 aliphatic carbocycles. The van der Waals surface area contributed by atoms with Crippen LogP contribution in [0.15, 0.2) is 42.5 Å². The lowest BCUT2D eigenvalue weighted by Crippen LogP contribution is -2.33. The molecule has 0 bridgehead atoms. The van der Waals surface area contributed by atoms with Gasteiger partial charge in [0.15, 0.2) is 0 Å². The van der Waals surface area contributed by atoms with Crippen LogP contribution in [0.25, 0.3) is 12.2 Å². The van der Waals surface area contributed by atoms with E-state index in [2.05, 4.69) is 4.90 Å². The summed E-state index contributed by atoms with van der Waals surface area (Å²) in [5.41, 5.74) is 2.06. The Hall–Kier alpha value is -2.50. The van der Waals surface area contributed by atoms with Gasteiger partial charge in [0.1, 0.15) is 30.0 Å². The van der Waals surface area contributed by atoms with E-state index in [4.69, 9.17) is 14.2 Å². The zero-order chi connectivity index (χ0) is 19.8. The van der Waals surface area contributed by atoms with Crippen molar-refractivity contribution >= 4 is 12.2 Å². The Balaban J connectivity index is 1.53. The summed E-state index contributed by atoms with van der Waals surface area (Å²) in [6, 6.07) is 13.6. The standard InChI is InChI=1S/C23H29NO4/c1-26-22-13-19(14-23(15-22)27-2)6-5-18-7-9-21(10-8-18)28-17-20(25)16-24-11-3-4-12-24/h5-10,13-15,20,25H,3-4,11-12,16-17H2,1-2H3/b6-5+. The van der Waals surface area contributed by atoms with Gasteiger partial charge in [0.2, 0.25) is 0 Å². The minimum absolute atomic E-state index is 0.315. The third-order valence-electron chi connectivity index (χ3n) is 4.83. The molecule has 3 rings (SSSR count). The van der Waals surface area contributed by atoms with E-state index in [1.165, 1.54) is 12.8 Å². The predicted molar refractivity (Wildman–Crippen MR) is 112 cm³/mol. The first kappa shape index (κ1) is 20.2. The fourth-order valence-electron chi connectivity index (χ4n) is 3.30. The molecule has 0 aromatic heterocycles. The van der Waals surface area contributed by atoms with E-state index in [-0.39, 0.29) is 0 Å². The summed E-state index contributed by atoms with van der Waals surface area (Å²) < 4.78 is 16.3. The van der Waals surface area contributed by atoms with Gasteiger partial charge in [0, 0.05) is 12.6 Å². The fourth-order valence-corrected chi connectivity index (χ4v) is 3.30. The zero-order valence-electron chi connectivity index (χ0n) is 16.6. The molecule has 0 spiro atoms. The van der Waals surface area contributed by atoms with E-state index in [1.54, 1.807) is 14.2 Å². The van der Waals surface area contributed by atoms with Crippen molar-refractivity contribution in [2.24, 2.45) is 0 Å². The van der Waals surface area contributed by atoms with Crippen LogP contribution in [0.5, 0.6) is 17.2 Å². The average molecular weight is 383 g/mol. The molecular weight excluding hydrogens is 354 g/mol. The van der Waals surface area contributed by atoms with Crippen LogP contribution in [-0.2, 0) is 0 Å². The van der Waals surface area contributed by atoms with E-state index in [0.29, 0.717) is 13.2 Å². The number of hydrogen-bond donors (Lipinski definition) is 1. The SMILES string of the molecule is COc1cc(/C=C/c2ccc(OCC(O)CN3CCCC3)cc2)cc(OC)c1. The van der Waals surface area contributed by atoms with Crippen LogP contribution in [0.1, 0.15) is 24.0 Å². The first-order valence-electron chi connectivity index (χ1n) is 9.71. The number of methoxy groups -OCH3 is 2. The van der Waals surface area contributed by atoms with Crippen molar-refractivity contribution in [2.75, 3.05) is 40.5 Å². The summed E-state index contributed by atoms with van der Waals surface area (Å²) in [5, 5.41) is 10.1. The smallest absolute Gasteiger partial charge is 0.123 e. The third kappa shape index (κ3) is 6.01. The molecule has 1 unspecified atom stereocenters. The van der Waals surface area contributed by atoms with Gasteiger partial charge in [-0.25, -0.2) is 0 Å². The summed E-state index contributed by atoms with van der Waals surface area (Å²) in [6.07, 6.45) is 6.04. The van der Waals surface area contributed by atoms with Crippen LogP contribution in [0.4, 0.5) is 0 Å². The summed E-state index contributed by atoms with van der Waals surface area (Å²) in [7, 11) is 3.28. The first-order chi connectivity index (χ1) is 13.7. The van der Waals surface area contributed by atoms with Crippen LogP contribution in [-0.4, -0.2) is 56.6 Å². The molecule has 1 saturated heterocycles. The van der Waals surface area contributed by atoms with Crippen LogP contribution in [0.2, 0.25) is 0 Å². The summed E-state index contributed by atoms with van der Waals surface area (Å²) in [6.45, 7) is 3.16. The quantitative estimate of drug-likeness (QED) is 0.669. The lowest BCUT2D eigenvalue weighted by Gasteiger charge is -2.19. The molecule has 0 amide bonds. The molecule has 1 fully saturated rings. The molecular formula is C23H29NO4. The Morgan fingerprint density at radius 1 is 0.893 bits per heavy atom. The topological polar surface area (TPSA) is 51.2 Å². The highest BCUT2D eigenvalue weighted by atomic mass is 16.5. The molecule has 2 aromatic rings. The van der Waals surface area contributed by atoms with Gasteiger partial charge >= 0.3 is 0 Å². The van der Waals surface area contributed by atoms with Gasteiger partial charge in [-0.3, -0.25) is 0 Å².